The van der Waals surface area contributed by atoms with Gasteiger partial charge in [0.15, 0.2) is 5.82 Å². The third kappa shape index (κ3) is 3.90. The molecule has 0 aliphatic heterocycles. The number of carbonyl (C=O) groups is 1. The Morgan fingerprint density at radius 2 is 2.04 bits per heavy atom. The topological polar surface area (TPSA) is 131 Å². The molecule has 0 saturated carbocycles. The first-order valence-corrected chi connectivity index (χ1v) is 9.31. The largest absolute Gasteiger partial charge is 0.345 e. The van der Waals surface area contributed by atoms with E-state index in [0.717, 1.165) is 0 Å². The molecule has 0 aliphatic rings. The molecule has 0 saturated heterocycles. The number of carbonyl (C=O) groups excluding carboxylic acids is 1. The molecule has 11 heteroatoms. The monoisotopic (exact) mass is 415 g/mol. The van der Waals surface area contributed by atoms with Crippen LogP contribution in [-0.2, 0) is 5.75 Å². The molecule has 0 atom stereocenters. The number of hydrogen-bond donors (Lipinski definition) is 2. The maximum Gasteiger partial charge on any atom is 0.262 e. The molecule has 3 rings (SSSR count). The lowest BCUT2D eigenvalue weighted by Gasteiger charge is -2.16. The van der Waals surface area contributed by atoms with Crippen LogP contribution in [0.1, 0.15) is 21.7 Å². The number of pyridine rings is 1. The Labute approximate surface area is 168 Å². The number of tetrazole rings is 1. The lowest BCUT2D eigenvalue weighted by molar-refractivity contribution is 0.0826. The van der Waals surface area contributed by atoms with Gasteiger partial charge in [-0.05, 0) is 17.7 Å². The molecule has 2 heterocycles. The Balaban J connectivity index is 2.21. The summed E-state index contributed by atoms with van der Waals surface area (Å²) >= 11 is 7.13. The maximum absolute atomic E-state index is 12.8. The van der Waals surface area contributed by atoms with Crippen LogP contribution in [0.4, 0.5) is 0 Å². The van der Waals surface area contributed by atoms with Gasteiger partial charge in [0.1, 0.15) is 11.6 Å². The average Bonchev–Trinajstić information content (AvgIpc) is 3.19. The SMILES string of the molecule is CN(C)C(=O)c1c(-c2ccc(Cl)cc2)c(C#N)c(SCc2nn[nH]n2)[nH]c1=O. The van der Waals surface area contributed by atoms with Gasteiger partial charge in [-0.3, -0.25) is 9.59 Å². The van der Waals surface area contributed by atoms with E-state index in [1.807, 2.05) is 0 Å². The van der Waals surface area contributed by atoms with E-state index < -0.39 is 11.5 Å². The van der Waals surface area contributed by atoms with Crippen LogP contribution in [0.2, 0.25) is 5.02 Å². The van der Waals surface area contributed by atoms with Crippen LogP contribution >= 0.6 is 23.4 Å². The van der Waals surface area contributed by atoms with Crippen molar-refractivity contribution >= 4 is 29.3 Å². The minimum Gasteiger partial charge on any atom is -0.345 e. The van der Waals surface area contributed by atoms with E-state index in [4.69, 9.17) is 11.6 Å². The number of aromatic nitrogens is 5. The van der Waals surface area contributed by atoms with Crippen molar-refractivity contribution in [3.8, 4) is 17.2 Å². The first-order valence-electron chi connectivity index (χ1n) is 7.95. The van der Waals surface area contributed by atoms with Gasteiger partial charge in [0.05, 0.1) is 16.3 Å². The molecule has 1 aromatic carbocycles. The summed E-state index contributed by atoms with van der Waals surface area (Å²) in [7, 11) is 3.08. The number of thioether (sulfide) groups is 1. The summed E-state index contributed by atoms with van der Waals surface area (Å²) < 4.78 is 0. The van der Waals surface area contributed by atoms with Gasteiger partial charge in [-0.15, -0.1) is 10.2 Å². The summed E-state index contributed by atoms with van der Waals surface area (Å²) in [5, 5.41) is 24.2. The Kier molecular flexibility index (Phi) is 5.77. The molecule has 0 aliphatic carbocycles. The summed E-state index contributed by atoms with van der Waals surface area (Å²) in [5.41, 5.74) is 0.294. The molecular weight excluding hydrogens is 402 g/mol. The fourth-order valence-corrected chi connectivity index (χ4v) is 3.49. The van der Waals surface area contributed by atoms with Crippen LogP contribution in [0.25, 0.3) is 11.1 Å². The van der Waals surface area contributed by atoms with Crippen molar-refractivity contribution in [3.05, 3.63) is 56.6 Å². The summed E-state index contributed by atoms with van der Waals surface area (Å²) in [4.78, 5) is 29.4. The number of amides is 1. The minimum atomic E-state index is -0.585. The van der Waals surface area contributed by atoms with Crippen LogP contribution in [0.15, 0.2) is 34.1 Å². The van der Waals surface area contributed by atoms with Gasteiger partial charge in [-0.2, -0.15) is 10.5 Å². The van der Waals surface area contributed by atoms with E-state index in [1.165, 1.54) is 16.7 Å². The number of nitrogens with zero attached hydrogens (tertiary/aromatic N) is 5. The molecule has 1 amide bonds. The first kappa shape index (κ1) is 19.6. The molecule has 0 radical (unpaired) electrons. The molecule has 28 heavy (non-hydrogen) atoms. The normalized spacial score (nSPS) is 10.5. The van der Waals surface area contributed by atoms with E-state index in [1.54, 1.807) is 38.4 Å². The highest BCUT2D eigenvalue weighted by atomic mass is 35.5. The molecule has 3 aromatic rings. The van der Waals surface area contributed by atoms with E-state index in [9.17, 15) is 14.9 Å². The van der Waals surface area contributed by atoms with Gasteiger partial charge in [0, 0.05) is 24.7 Å². The van der Waals surface area contributed by atoms with Crippen molar-refractivity contribution in [3.63, 3.8) is 0 Å². The smallest absolute Gasteiger partial charge is 0.262 e. The number of nitriles is 1. The molecule has 2 aromatic heterocycles. The van der Waals surface area contributed by atoms with E-state index in [0.29, 0.717) is 21.4 Å². The quantitative estimate of drug-likeness (QED) is 0.609. The third-order valence-corrected chi connectivity index (χ3v) is 5.03. The number of benzene rings is 1. The molecule has 0 unspecified atom stereocenters. The van der Waals surface area contributed by atoms with Gasteiger partial charge in [-0.1, -0.05) is 40.7 Å². The second kappa shape index (κ2) is 8.24. The van der Waals surface area contributed by atoms with E-state index in [-0.39, 0.29) is 22.4 Å². The molecule has 142 valence electrons. The lowest BCUT2D eigenvalue weighted by Crippen LogP contribution is -2.30. The Morgan fingerprint density at radius 1 is 1.32 bits per heavy atom. The van der Waals surface area contributed by atoms with Crippen molar-refractivity contribution in [2.45, 2.75) is 10.8 Å². The number of nitrogens with one attached hydrogen (secondary N) is 2. The predicted molar refractivity (Wildman–Crippen MR) is 104 cm³/mol. The number of rotatable bonds is 5. The number of hydrogen-bond acceptors (Lipinski definition) is 7. The van der Waals surface area contributed by atoms with Crippen molar-refractivity contribution in [2.24, 2.45) is 0 Å². The van der Waals surface area contributed by atoms with Crippen molar-refractivity contribution in [1.29, 1.82) is 5.26 Å². The minimum absolute atomic E-state index is 0.104. The van der Waals surface area contributed by atoms with Crippen LogP contribution in [0, 0.1) is 11.3 Å². The third-order valence-electron chi connectivity index (χ3n) is 3.78. The fourth-order valence-electron chi connectivity index (χ4n) is 2.51. The van der Waals surface area contributed by atoms with Gasteiger partial charge >= 0.3 is 0 Å². The van der Waals surface area contributed by atoms with Crippen molar-refractivity contribution in [1.82, 2.24) is 30.5 Å². The maximum atomic E-state index is 12.8. The molecule has 0 spiro atoms. The van der Waals surface area contributed by atoms with Crippen LogP contribution in [-0.4, -0.2) is 50.5 Å². The lowest BCUT2D eigenvalue weighted by atomic mass is 9.96. The molecular formula is C17H14ClN7O2S. The summed E-state index contributed by atoms with van der Waals surface area (Å²) in [6.07, 6.45) is 0. The van der Waals surface area contributed by atoms with Gasteiger partial charge in [0.2, 0.25) is 0 Å². The first-order chi connectivity index (χ1) is 13.4. The summed E-state index contributed by atoms with van der Waals surface area (Å²) in [6, 6.07) is 8.71. The highest BCUT2D eigenvalue weighted by Gasteiger charge is 2.25. The average molecular weight is 416 g/mol. The standard InChI is InChI=1S/C17H14ClN7O2S/c1-25(2)17(27)14-13(9-3-5-10(18)6-4-9)11(7-19)16(20-15(14)26)28-8-12-21-23-24-22-12/h3-6H,8H2,1-2H3,(H,20,26)(H,21,22,23,24). The summed E-state index contributed by atoms with van der Waals surface area (Å²) in [5.74, 6) is 0.191. The summed E-state index contributed by atoms with van der Waals surface area (Å²) in [6.45, 7) is 0. The Hall–Kier alpha value is -3.16. The highest BCUT2D eigenvalue weighted by Crippen LogP contribution is 2.33. The van der Waals surface area contributed by atoms with E-state index in [2.05, 4.69) is 31.7 Å². The fraction of sp³-hybridized carbons (Fsp3) is 0.176. The van der Waals surface area contributed by atoms with Crippen LogP contribution < -0.4 is 5.56 Å². The zero-order chi connectivity index (χ0) is 20.3. The zero-order valence-corrected chi connectivity index (χ0v) is 16.4. The number of H-pyrrole nitrogens is 2. The second-order valence-corrected chi connectivity index (χ2v) is 7.27. The highest BCUT2D eigenvalue weighted by molar-refractivity contribution is 7.98. The second-order valence-electron chi connectivity index (χ2n) is 5.84. The molecule has 9 nitrogen and oxygen atoms in total. The molecule has 0 fully saturated rings. The van der Waals surface area contributed by atoms with Crippen LogP contribution in [0.5, 0.6) is 0 Å². The van der Waals surface area contributed by atoms with Crippen molar-refractivity contribution < 1.29 is 4.79 Å². The number of halogens is 1. The Morgan fingerprint density at radius 3 is 2.61 bits per heavy atom. The molecule has 2 N–H and O–H groups in total. The Bertz CT molecular complexity index is 1100. The number of aromatic amines is 2. The van der Waals surface area contributed by atoms with Gasteiger partial charge < -0.3 is 9.88 Å². The van der Waals surface area contributed by atoms with Crippen LogP contribution in [0.3, 0.4) is 0 Å². The zero-order valence-electron chi connectivity index (χ0n) is 14.9. The van der Waals surface area contributed by atoms with Gasteiger partial charge in [0.25, 0.3) is 11.5 Å². The predicted octanol–water partition coefficient (Wildman–Crippen LogP) is 2.07. The molecule has 0 bridgehead atoms. The van der Waals surface area contributed by atoms with Crippen molar-refractivity contribution in [2.75, 3.05) is 14.1 Å². The van der Waals surface area contributed by atoms with Gasteiger partial charge in [-0.25, -0.2) is 0 Å². The van der Waals surface area contributed by atoms with E-state index >= 15 is 0 Å².